The molecule has 5 heteroatoms. The largest absolute Gasteiger partial charge is 0.511 e. The highest BCUT2D eigenvalue weighted by Crippen LogP contribution is 2.56. The van der Waals surface area contributed by atoms with Gasteiger partial charge in [-0.05, 0) is 13.8 Å². The number of hydrogen-bond acceptors (Lipinski definition) is 3. The molecule has 0 rings (SSSR count). The van der Waals surface area contributed by atoms with Crippen molar-refractivity contribution in [2.45, 2.75) is 18.4 Å². The molecule has 0 saturated carbocycles. The van der Waals surface area contributed by atoms with E-state index < -0.39 is 11.9 Å². The van der Waals surface area contributed by atoms with Crippen LogP contribution in [-0.4, -0.2) is 29.2 Å². The zero-order chi connectivity index (χ0) is 10.5. The summed E-state index contributed by atoms with van der Waals surface area (Å²) in [6.45, 7) is 8.16. The fourth-order valence-corrected chi connectivity index (χ4v) is 3.21. The summed E-state index contributed by atoms with van der Waals surface area (Å²) in [6.07, 6.45) is 3.87. The molecule has 0 aliphatic rings. The van der Waals surface area contributed by atoms with Crippen LogP contribution in [0.1, 0.15) is 13.8 Å². The minimum absolute atomic E-state index is 0.00904. The highest BCUT2D eigenvalue weighted by Gasteiger charge is 2.27. The van der Waals surface area contributed by atoms with E-state index in [1.54, 1.807) is 0 Å². The highest BCUT2D eigenvalue weighted by atomic mass is 79.9. The first kappa shape index (κ1) is 13.2. The zero-order valence-electron chi connectivity index (χ0n) is 7.99. The van der Waals surface area contributed by atoms with Gasteiger partial charge < -0.3 is 14.2 Å². The molecule has 0 radical (unpaired) electrons. The molecule has 0 fully saturated rings. The topological polar surface area (TPSA) is 38.7 Å². The first-order valence-corrected chi connectivity index (χ1v) is 6.81. The Labute approximate surface area is 88.0 Å². The van der Waals surface area contributed by atoms with E-state index in [1.807, 2.05) is 13.8 Å². The molecule has 13 heavy (non-hydrogen) atoms. The predicted molar refractivity (Wildman–Crippen MR) is 61.8 cm³/mol. The van der Waals surface area contributed by atoms with E-state index in [4.69, 9.17) is 9.05 Å². The minimum atomic E-state index is -2.30. The van der Waals surface area contributed by atoms with Crippen LogP contribution in [0.25, 0.3) is 0 Å². The first-order chi connectivity index (χ1) is 5.98. The lowest BCUT2D eigenvalue weighted by molar-refractivity contribution is 0.261. The molecule has 0 amide bonds. The highest BCUT2D eigenvalue weighted by molar-refractivity contribution is 9.10. The molecule has 0 aromatic carbocycles. The van der Waals surface area contributed by atoms with E-state index in [0.717, 1.165) is 0 Å². The SMILES string of the molecule is C=C(O)C(Br)P(=C)(OCC)OCC. The Balaban J connectivity index is 4.57. The van der Waals surface area contributed by atoms with Crippen molar-refractivity contribution in [1.29, 1.82) is 0 Å². The van der Waals surface area contributed by atoms with Gasteiger partial charge in [0.15, 0.2) is 0 Å². The summed E-state index contributed by atoms with van der Waals surface area (Å²) in [5, 5.41) is 9.20. The van der Waals surface area contributed by atoms with Gasteiger partial charge in [0.2, 0.25) is 0 Å². The number of hydrogen-bond donors (Lipinski definition) is 1. The molecule has 78 valence electrons. The molecule has 0 aliphatic carbocycles. The molecule has 3 nitrogen and oxygen atoms in total. The maximum Gasteiger partial charge on any atom is 0.138 e. The molecule has 0 heterocycles. The average molecular weight is 271 g/mol. The second kappa shape index (κ2) is 5.86. The van der Waals surface area contributed by atoms with Crippen LogP contribution in [0.2, 0.25) is 0 Å². The monoisotopic (exact) mass is 270 g/mol. The quantitative estimate of drug-likeness (QED) is 0.458. The summed E-state index contributed by atoms with van der Waals surface area (Å²) < 4.78 is 10.4. The van der Waals surface area contributed by atoms with Crippen molar-refractivity contribution in [1.82, 2.24) is 0 Å². The van der Waals surface area contributed by atoms with Crippen LogP contribution in [0.4, 0.5) is 0 Å². The summed E-state index contributed by atoms with van der Waals surface area (Å²) in [5.41, 5.74) is 0. The van der Waals surface area contributed by atoms with Gasteiger partial charge in [-0.2, -0.15) is 0 Å². The van der Waals surface area contributed by atoms with Gasteiger partial charge >= 0.3 is 0 Å². The number of rotatable bonds is 6. The van der Waals surface area contributed by atoms with Crippen molar-refractivity contribution in [2.24, 2.45) is 0 Å². The van der Waals surface area contributed by atoms with Crippen LogP contribution >= 0.6 is 23.3 Å². The van der Waals surface area contributed by atoms with E-state index in [2.05, 4.69) is 28.8 Å². The van der Waals surface area contributed by atoms with Crippen LogP contribution in [0, 0.1) is 0 Å². The Morgan fingerprint density at radius 2 is 1.85 bits per heavy atom. The van der Waals surface area contributed by atoms with E-state index in [-0.39, 0.29) is 5.76 Å². The molecular formula is C8H16BrO3P. The van der Waals surface area contributed by atoms with Gasteiger partial charge in [-0.15, -0.1) is 0 Å². The van der Waals surface area contributed by atoms with E-state index in [9.17, 15) is 5.11 Å². The normalized spacial score (nSPS) is 14.1. The molecule has 0 aliphatic heterocycles. The Kier molecular flexibility index (Phi) is 5.97. The molecule has 0 saturated heterocycles. The third-order valence-corrected chi connectivity index (χ3v) is 6.10. The molecule has 1 atom stereocenters. The second-order valence-electron chi connectivity index (χ2n) is 2.39. The van der Waals surface area contributed by atoms with Crippen molar-refractivity contribution in [2.75, 3.05) is 13.2 Å². The van der Waals surface area contributed by atoms with Gasteiger partial charge in [-0.25, -0.2) is 0 Å². The lowest BCUT2D eigenvalue weighted by atomic mass is 10.7. The van der Waals surface area contributed by atoms with Crippen LogP contribution in [0.3, 0.4) is 0 Å². The summed E-state index contributed by atoms with van der Waals surface area (Å²) in [4.78, 5) is 0. The molecule has 0 aromatic rings. The zero-order valence-corrected chi connectivity index (χ0v) is 10.5. The van der Waals surface area contributed by atoms with Gasteiger partial charge in [0.1, 0.15) is 17.7 Å². The van der Waals surface area contributed by atoms with Crippen molar-refractivity contribution >= 4 is 29.6 Å². The van der Waals surface area contributed by atoms with E-state index in [1.165, 1.54) is 0 Å². The Morgan fingerprint density at radius 1 is 1.46 bits per heavy atom. The van der Waals surface area contributed by atoms with Crippen LogP contribution in [-0.2, 0) is 9.05 Å². The fourth-order valence-electron chi connectivity index (χ4n) is 0.832. The predicted octanol–water partition coefficient (Wildman–Crippen LogP) is 3.13. The number of aliphatic hydroxyl groups is 1. The van der Waals surface area contributed by atoms with Gasteiger partial charge in [-0.1, -0.05) is 28.8 Å². The van der Waals surface area contributed by atoms with Crippen molar-refractivity contribution in [3.05, 3.63) is 12.3 Å². The van der Waals surface area contributed by atoms with Gasteiger partial charge in [0.25, 0.3) is 0 Å². The Morgan fingerprint density at radius 3 is 2.08 bits per heavy atom. The first-order valence-electron chi connectivity index (χ1n) is 4.02. The average Bonchev–Trinajstić information content (AvgIpc) is 2.03. The number of aliphatic hydroxyl groups excluding tert-OH is 1. The third-order valence-electron chi connectivity index (χ3n) is 1.32. The Bertz CT molecular complexity index is 207. The van der Waals surface area contributed by atoms with Gasteiger partial charge in [-0.3, -0.25) is 0 Å². The lowest BCUT2D eigenvalue weighted by Crippen LogP contribution is -2.09. The van der Waals surface area contributed by atoms with Gasteiger partial charge in [0, 0.05) is 0 Å². The standard InChI is InChI=1S/C8H16BrO3P/c1-5-11-13(4,12-6-2)8(9)7(3)10/h8,10H,3-6H2,1-2H3. The molecule has 0 spiro atoms. The smallest absolute Gasteiger partial charge is 0.138 e. The molecule has 1 N–H and O–H groups in total. The number of alkyl halides is 1. The maximum absolute atomic E-state index is 9.20. The lowest BCUT2D eigenvalue weighted by Gasteiger charge is -2.27. The summed E-state index contributed by atoms with van der Waals surface area (Å²) >= 11 is 3.25. The fraction of sp³-hybridized carbons (Fsp3) is 0.625. The van der Waals surface area contributed by atoms with Crippen molar-refractivity contribution < 1.29 is 14.2 Å². The van der Waals surface area contributed by atoms with Crippen LogP contribution < -0.4 is 0 Å². The Hall–Kier alpha value is 0.240. The maximum atomic E-state index is 9.20. The van der Waals surface area contributed by atoms with Gasteiger partial charge in [0.05, 0.1) is 13.2 Å². The number of allylic oxidation sites excluding steroid dienone is 1. The number of halogens is 1. The van der Waals surface area contributed by atoms with Crippen molar-refractivity contribution in [3.8, 4) is 0 Å². The summed E-state index contributed by atoms with van der Waals surface area (Å²) in [6, 6.07) is 0. The van der Waals surface area contributed by atoms with E-state index in [0.29, 0.717) is 13.2 Å². The summed E-state index contributed by atoms with van der Waals surface area (Å²) in [5.74, 6) is -0.00904. The second-order valence-corrected chi connectivity index (χ2v) is 6.50. The van der Waals surface area contributed by atoms with Crippen LogP contribution in [0.5, 0.6) is 0 Å². The third kappa shape index (κ3) is 3.86. The molecule has 1 unspecified atom stereocenters. The molecule has 0 bridgehead atoms. The molecule has 0 aromatic heterocycles. The van der Waals surface area contributed by atoms with E-state index >= 15 is 0 Å². The molecular weight excluding hydrogens is 255 g/mol. The van der Waals surface area contributed by atoms with Crippen LogP contribution in [0.15, 0.2) is 12.3 Å². The summed E-state index contributed by atoms with van der Waals surface area (Å²) in [7, 11) is -2.30. The minimum Gasteiger partial charge on any atom is -0.511 e. The van der Waals surface area contributed by atoms with Crippen molar-refractivity contribution in [3.63, 3.8) is 0 Å².